The van der Waals surface area contributed by atoms with E-state index in [9.17, 15) is 14.0 Å². The van der Waals surface area contributed by atoms with E-state index >= 15 is 0 Å². The maximum atomic E-state index is 13.6. The molecule has 2 aromatic carbocycles. The van der Waals surface area contributed by atoms with Gasteiger partial charge in [0.15, 0.2) is 4.80 Å². The molecule has 3 aromatic rings. The first-order valence-corrected chi connectivity index (χ1v) is 10.8. The Balaban J connectivity index is 1.97. The van der Waals surface area contributed by atoms with E-state index in [2.05, 4.69) is 4.99 Å². The summed E-state index contributed by atoms with van der Waals surface area (Å²) in [5.74, 6) is -0.315. The Labute approximate surface area is 187 Å². The number of thiazole rings is 1. The molecule has 6 nitrogen and oxygen atoms in total. The maximum absolute atomic E-state index is 13.6. The highest BCUT2D eigenvalue weighted by atomic mass is 32.1. The normalized spacial score (nSPS) is 15.9. The molecule has 0 amide bonds. The molecule has 0 radical (unpaired) electrons. The third kappa shape index (κ3) is 4.01. The van der Waals surface area contributed by atoms with Crippen LogP contribution in [0, 0.1) is 5.82 Å². The van der Waals surface area contributed by atoms with Crippen LogP contribution < -0.4 is 19.6 Å². The molecule has 1 aromatic heterocycles. The largest absolute Gasteiger partial charge is 0.497 e. The van der Waals surface area contributed by atoms with Gasteiger partial charge in [0.1, 0.15) is 11.6 Å². The summed E-state index contributed by atoms with van der Waals surface area (Å²) >= 11 is 1.19. The smallest absolute Gasteiger partial charge is 0.338 e. The highest BCUT2D eigenvalue weighted by Gasteiger charge is 2.33. The van der Waals surface area contributed by atoms with E-state index in [1.165, 1.54) is 28.0 Å². The maximum Gasteiger partial charge on any atom is 0.338 e. The number of ether oxygens (including phenoxy) is 2. The fraction of sp³-hybridized carbons (Fsp3) is 0.208. The molecule has 2 heterocycles. The lowest BCUT2D eigenvalue weighted by molar-refractivity contribution is -0.139. The van der Waals surface area contributed by atoms with E-state index in [4.69, 9.17) is 9.47 Å². The fourth-order valence-corrected chi connectivity index (χ4v) is 4.71. The molecule has 0 saturated heterocycles. The van der Waals surface area contributed by atoms with E-state index in [1.807, 2.05) is 6.07 Å². The molecule has 32 heavy (non-hydrogen) atoms. The van der Waals surface area contributed by atoms with E-state index in [0.717, 1.165) is 0 Å². The first-order chi connectivity index (χ1) is 15.4. The van der Waals surface area contributed by atoms with Crippen molar-refractivity contribution in [3.05, 3.63) is 96.4 Å². The summed E-state index contributed by atoms with van der Waals surface area (Å²) in [5.41, 5.74) is 1.72. The van der Waals surface area contributed by atoms with Crippen LogP contribution in [0.2, 0.25) is 0 Å². The van der Waals surface area contributed by atoms with E-state index in [-0.39, 0.29) is 18.0 Å². The van der Waals surface area contributed by atoms with Gasteiger partial charge in [-0.2, -0.15) is 0 Å². The van der Waals surface area contributed by atoms with Crippen molar-refractivity contribution in [2.45, 2.75) is 19.9 Å². The lowest BCUT2D eigenvalue weighted by atomic mass is 9.95. The standard InChI is InChI=1S/C24H21FN2O4S/c1-4-31-23(29)20-14(2)26-24-27(21(20)16-8-6-10-18(13-16)30-3)22(28)19(32-24)12-15-7-5-9-17(25)11-15/h5-13,21H,4H2,1-3H3/b19-12+. The van der Waals surface area contributed by atoms with Gasteiger partial charge < -0.3 is 9.47 Å². The van der Waals surface area contributed by atoms with Crippen LogP contribution in [0.5, 0.6) is 5.75 Å². The molecule has 0 N–H and O–H groups in total. The average molecular weight is 453 g/mol. The summed E-state index contributed by atoms with van der Waals surface area (Å²) < 4.78 is 26.1. The van der Waals surface area contributed by atoms with Crippen LogP contribution in [-0.2, 0) is 9.53 Å². The molecular formula is C24H21FN2O4S. The van der Waals surface area contributed by atoms with Gasteiger partial charge in [0, 0.05) is 0 Å². The topological polar surface area (TPSA) is 69.9 Å². The summed E-state index contributed by atoms with van der Waals surface area (Å²) in [6.07, 6.45) is 1.62. The van der Waals surface area contributed by atoms with Crippen LogP contribution >= 0.6 is 11.3 Å². The number of aromatic nitrogens is 1. The van der Waals surface area contributed by atoms with E-state index < -0.39 is 12.0 Å². The Bertz CT molecular complexity index is 1400. The number of hydrogen-bond acceptors (Lipinski definition) is 6. The van der Waals surface area contributed by atoms with Crippen LogP contribution in [-0.4, -0.2) is 24.3 Å². The quantitative estimate of drug-likeness (QED) is 0.558. The van der Waals surface area contributed by atoms with Crippen LogP contribution in [0.25, 0.3) is 6.08 Å². The number of esters is 1. The third-order valence-electron chi connectivity index (χ3n) is 5.07. The molecule has 8 heteroatoms. The first-order valence-electron chi connectivity index (χ1n) is 10.0. The number of nitrogens with zero attached hydrogens (tertiary/aromatic N) is 2. The predicted octanol–water partition coefficient (Wildman–Crippen LogP) is 2.95. The SMILES string of the molecule is CCOC(=O)C1=C(C)N=c2s/c(=C/c3cccc(F)c3)c(=O)n2C1c1cccc(OC)c1. The number of methoxy groups -OCH3 is 1. The van der Waals surface area contributed by atoms with Crippen molar-refractivity contribution < 1.29 is 18.7 Å². The zero-order valence-electron chi connectivity index (χ0n) is 17.8. The monoisotopic (exact) mass is 452 g/mol. The summed E-state index contributed by atoms with van der Waals surface area (Å²) in [5, 5.41) is 0. The van der Waals surface area contributed by atoms with E-state index in [0.29, 0.717) is 37.5 Å². The second-order valence-electron chi connectivity index (χ2n) is 7.13. The molecule has 1 aliphatic rings. The number of halogens is 1. The number of allylic oxidation sites excluding steroid dienone is 1. The van der Waals surface area contributed by atoms with Crippen molar-refractivity contribution in [2.75, 3.05) is 13.7 Å². The van der Waals surface area contributed by atoms with Gasteiger partial charge in [-0.15, -0.1) is 0 Å². The lowest BCUT2D eigenvalue weighted by Gasteiger charge is -2.25. The number of fused-ring (bicyclic) bond motifs is 1. The van der Waals surface area contributed by atoms with Gasteiger partial charge >= 0.3 is 5.97 Å². The summed E-state index contributed by atoms with van der Waals surface area (Å²) in [4.78, 5) is 31.3. The highest BCUT2D eigenvalue weighted by Crippen LogP contribution is 2.32. The third-order valence-corrected chi connectivity index (χ3v) is 6.06. The van der Waals surface area contributed by atoms with Crippen LogP contribution in [0.4, 0.5) is 4.39 Å². The Hall–Kier alpha value is -3.52. The van der Waals surface area contributed by atoms with Crippen molar-refractivity contribution in [2.24, 2.45) is 4.99 Å². The molecule has 0 saturated carbocycles. The number of carbonyl (C=O) groups excluding carboxylic acids is 1. The number of carbonyl (C=O) groups is 1. The molecule has 0 spiro atoms. The second kappa shape index (κ2) is 8.92. The summed E-state index contributed by atoms with van der Waals surface area (Å²) in [6, 6.07) is 12.5. The Morgan fingerprint density at radius 1 is 1.25 bits per heavy atom. The molecule has 164 valence electrons. The van der Waals surface area contributed by atoms with Gasteiger partial charge in [0.25, 0.3) is 5.56 Å². The molecule has 1 unspecified atom stereocenters. The molecule has 4 rings (SSSR count). The Kier molecular flexibility index (Phi) is 6.05. The van der Waals surface area contributed by atoms with Gasteiger partial charge in [-0.25, -0.2) is 14.2 Å². The molecule has 0 fully saturated rings. The van der Waals surface area contributed by atoms with Crippen LogP contribution in [0.3, 0.4) is 0 Å². The molecule has 0 aliphatic carbocycles. The van der Waals surface area contributed by atoms with Crippen LogP contribution in [0.1, 0.15) is 31.0 Å². The lowest BCUT2D eigenvalue weighted by Crippen LogP contribution is -2.39. The minimum Gasteiger partial charge on any atom is -0.497 e. The zero-order chi connectivity index (χ0) is 22.8. The molecule has 1 atom stereocenters. The number of hydrogen-bond donors (Lipinski definition) is 0. The second-order valence-corrected chi connectivity index (χ2v) is 8.14. The van der Waals surface area contributed by atoms with Crippen molar-refractivity contribution in [1.29, 1.82) is 0 Å². The van der Waals surface area contributed by atoms with Gasteiger partial charge in [0.2, 0.25) is 0 Å². The fourth-order valence-electron chi connectivity index (χ4n) is 3.67. The van der Waals surface area contributed by atoms with Gasteiger partial charge in [-0.1, -0.05) is 35.6 Å². The number of benzene rings is 2. The van der Waals surface area contributed by atoms with Gasteiger partial charge in [0.05, 0.1) is 35.6 Å². The van der Waals surface area contributed by atoms with Crippen molar-refractivity contribution in [1.82, 2.24) is 4.57 Å². The minimum absolute atomic E-state index is 0.199. The molecule has 0 bridgehead atoms. The van der Waals surface area contributed by atoms with Crippen molar-refractivity contribution in [3.63, 3.8) is 0 Å². The number of rotatable bonds is 5. The Morgan fingerprint density at radius 2 is 2.03 bits per heavy atom. The Morgan fingerprint density at radius 3 is 2.75 bits per heavy atom. The minimum atomic E-state index is -0.727. The zero-order valence-corrected chi connectivity index (χ0v) is 18.6. The van der Waals surface area contributed by atoms with Gasteiger partial charge in [-0.3, -0.25) is 9.36 Å². The molecular weight excluding hydrogens is 431 g/mol. The average Bonchev–Trinajstić information content (AvgIpc) is 3.07. The highest BCUT2D eigenvalue weighted by molar-refractivity contribution is 7.07. The van der Waals surface area contributed by atoms with Crippen LogP contribution in [0.15, 0.2) is 69.6 Å². The van der Waals surface area contributed by atoms with Crippen molar-refractivity contribution >= 4 is 23.4 Å². The van der Waals surface area contributed by atoms with E-state index in [1.54, 1.807) is 57.4 Å². The summed E-state index contributed by atoms with van der Waals surface area (Å²) in [6.45, 7) is 3.65. The van der Waals surface area contributed by atoms with Crippen molar-refractivity contribution in [3.8, 4) is 5.75 Å². The first kappa shape index (κ1) is 21.7. The summed E-state index contributed by atoms with van der Waals surface area (Å²) in [7, 11) is 1.55. The molecule has 1 aliphatic heterocycles. The van der Waals surface area contributed by atoms with Gasteiger partial charge in [-0.05, 0) is 55.3 Å². The predicted molar refractivity (Wildman–Crippen MR) is 120 cm³/mol.